The Morgan fingerprint density at radius 3 is 2.65 bits per heavy atom. The summed E-state index contributed by atoms with van der Waals surface area (Å²) in [5, 5.41) is 0. The molecule has 0 fully saturated rings. The van der Waals surface area contributed by atoms with Crippen molar-refractivity contribution in [1.29, 1.82) is 0 Å². The molecule has 0 aromatic carbocycles. The van der Waals surface area contributed by atoms with Gasteiger partial charge in [0.25, 0.3) is 0 Å². The van der Waals surface area contributed by atoms with Crippen molar-refractivity contribution in [2.45, 2.75) is 39.4 Å². The van der Waals surface area contributed by atoms with Crippen molar-refractivity contribution in [2.24, 2.45) is 5.92 Å². The summed E-state index contributed by atoms with van der Waals surface area (Å²) >= 11 is 5.32. The van der Waals surface area contributed by atoms with Crippen molar-refractivity contribution >= 4 is 33.5 Å². The first-order valence-electron chi connectivity index (χ1n) is 5.93. The lowest BCUT2D eigenvalue weighted by atomic mass is 10.1. The molecule has 0 saturated heterocycles. The molecule has 0 spiro atoms. The largest absolute Gasteiger partial charge is 0.383 e. The molecule has 1 aromatic heterocycles. The second-order valence-electron chi connectivity index (χ2n) is 4.44. The minimum Gasteiger partial charge on any atom is -0.383 e. The summed E-state index contributed by atoms with van der Waals surface area (Å²) in [5.74, 6) is 3.95. The molecule has 1 heterocycles. The molecule has 0 atom stereocenters. The van der Waals surface area contributed by atoms with E-state index in [0.717, 1.165) is 33.9 Å². The Balaban J connectivity index is 2.82. The van der Waals surface area contributed by atoms with Gasteiger partial charge < -0.3 is 5.73 Å². The molecule has 5 heteroatoms. The van der Waals surface area contributed by atoms with E-state index >= 15 is 0 Å². The predicted molar refractivity (Wildman–Crippen MR) is 79.1 cm³/mol. The highest BCUT2D eigenvalue weighted by atomic mass is 79.9. The Bertz CT molecular complexity index is 369. The third-order valence-corrected chi connectivity index (χ3v) is 4.20. The molecule has 2 N–H and O–H groups in total. The fourth-order valence-electron chi connectivity index (χ4n) is 1.46. The molecule has 96 valence electrons. The number of rotatable bonds is 6. The molecule has 0 bridgehead atoms. The smallest absolute Gasteiger partial charge is 0.141 e. The Hall–Kier alpha value is -0.290. The summed E-state index contributed by atoms with van der Waals surface area (Å²) in [5.41, 5.74) is 6.92. The van der Waals surface area contributed by atoms with Gasteiger partial charge in [-0.25, -0.2) is 9.97 Å². The third kappa shape index (κ3) is 4.84. The van der Waals surface area contributed by atoms with E-state index in [0.29, 0.717) is 11.7 Å². The highest BCUT2D eigenvalue weighted by Gasteiger charge is 2.11. The number of hydrogen-bond donors (Lipinski definition) is 1. The molecule has 1 rings (SSSR count). The molecule has 0 saturated carbocycles. The molecule has 0 amide bonds. The van der Waals surface area contributed by atoms with Crippen LogP contribution in [-0.2, 0) is 12.2 Å². The summed E-state index contributed by atoms with van der Waals surface area (Å²) in [4.78, 5) is 8.90. The van der Waals surface area contributed by atoms with Crippen LogP contribution in [0, 0.1) is 5.92 Å². The average Bonchev–Trinajstić information content (AvgIpc) is 2.25. The van der Waals surface area contributed by atoms with Gasteiger partial charge in [-0.2, -0.15) is 11.8 Å². The van der Waals surface area contributed by atoms with Crippen LogP contribution in [0.25, 0.3) is 0 Å². The monoisotopic (exact) mass is 317 g/mol. The molecule has 0 radical (unpaired) electrons. The quantitative estimate of drug-likeness (QED) is 0.813. The van der Waals surface area contributed by atoms with Gasteiger partial charge in [-0.3, -0.25) is 0 Å². The molecule has 3 nitrogen and oxygen atoms in total. The van der Waals surface area contributed by atoms with Gasteiger partial charge in [-0.15, -0.1) is 0 Å². The van der Waals surface area contributed by atoms with E-state index in [9.17, 15) is 0 Å². The van der Waals surface area contributed by atoms with Crippen LogP contribution >= 0.6 is 27.7 Å². The Morgan fingerprint density at radius 1 is 1.35 bits per heavy atom. The zero-order chi connectivity index (χ0) is 12.8. The number of aromatic nitrogens is 2. The minimum atomic E-state index is 0.558. The second-order valence-corrected chi connectivity index (χ2v) is 6.33. The second kappa shape index (κ2) is 7.21. The third-order valence-electron chi connectivity index (χ3n) is 2.17. The first-order chi connectivity index (χ1) is 8.04. The van der Waals surface area contributed by atoms with Crippen LogP contribution in [-0.4, -0.2) is 15.7 Å². The molecule has 0 aliphatic rings. The first-order valence-corrected chi connectivity index (χ1v) is 7.87. The molecule has 1 aromatic rings. The van der Waals surface area contributed by atoms with Gasteiger partial charge in [0.15, 0.2) is 0 Å². The van der Waals surface area contributed by atoms with Crippen LogP contribution in [0.4, 0.5) is 5.82 Å². The summed E-state index contributed by atoms with van der Waals surface area (Å²) < 4.78 is 0.857. The molecule has 0 unspecified atom stereocenters. The number of hydrogen-bond acceptors (Lipinski definition) is 4. The maximum atomic E-state index is 5.89. The van der Waals surface area contributed by atoms with Crippen LogP contribution in [0.1, 0.15) is 38.7 Å². The highest BCUT2D eigenvalue weighted by molar-refractivity contribution is 9.10. The normalized spacial score (nSPS) is 11.1. The van der Waals surface area contributed by atoms with Gasteiger partial charge in [0, 0.05) is 0 Å². The van der Waals surface area contributed by atoms with E-state index in [2.05, 4.69) is 46.7 Å². The van der Waals surface area contributed by atoms with Crippen LogP contribution < -0.4 is 5.73 Å². The van der Waals surface area contributed by atoms with Crippen molar-refractivity contribution in [3.8, 4) is 0 Å². The van der Waals surface area contributed by atoms with Crippen molar-refractivity contribution in [3.63, 3.8) is 0 Å². The van der Waals surface area contributed by atoms with E-state index in [4.69, 9.17) is 5.73 Å². The lowest BCUT2D eigenvalue weighted by molar-refractivity contribution is 0.630. The van der Waals surface area contributed by atoms with Crippen molar-refractivity contribution < 1.29 is 0 Å². The van der Waals surface area contributed by atoms with Crippen LogP contribution in [0.2, 0.25) is 0 Å². The first kappa shape index (κ1) is 14.8. The summed E-state index contributed by atoms with van der Waals surface area (Å²) in [7, 11) is 0. The fraction of sp³-hybridized carbons (Fsp3) is 0.667. The Morgan fingerprint density at radius 2 is 2.06 bits per heavy atom. The number of anilines is 1. The number of halogens is 1. The van der Waals surface area contributed by atoms with E-state index in [-0.39, 0.29) is 0 Å². The van der Waals surface area contributed by atoms with Crippen LogP contribution in [0.3, 0.4) is 0 Å². The summed E-state index contributed by atoms with van der Waals surface area (Å²) in [6.45, 7) is 6.53. The Labute approximate surface area is 116 Å². The molecular weight excluding hydrogens is 298 g/mol. The van der Waals surface area contributed by atoms with Crippen LogP contribution in [0.5, 0.6) is 0 Å². The zero-order valence-electron chi connectivity index (χ0n) is 10.7. The Kier molecular flexibility index (Phi) is 6.27. The molecular formula is C12H20BrN3S. The van der Waals surface area contributed by atoms with Crippen molar-refractivity contribution in [3.05, 3.63) is 16.0 Å². The summed E-state index contributed by atoms with van der Waals surface area (Å²) in [6, 6.07) is 0. The summed E-state index contributed by atoms with van der Waals surface area (Å²) in [6.07, 6.45) is 2.11. The topological polar surface area (TPSA) is 51.8 Å². The van der Waals surface area contributed by atoms with E-state index in [1.54, 1.807) is 0 Å². The highest BCUT2D eigenvalue weighted by Crippen LogP contribution is 2.24. The van der Waals surface area contributed by atoms with Crippen molar-refractivity contribution in [2.75, 3.05) is 11.5 Å². The van der Waals surface area contributed by atoms with Gasteiger partial charge in [0.1, 0.15) is 11.6 Å². The van der Waals surface area contributed by atoms with E-state index < -0.39 is 0 Å². The molecule has 17 heavy (non-hydrogen) atoms. The SMILES string of the molecule is CCCSCc1nc(N)c(Br)c(CC(C)C)n1. The van der Waals surface area contributed by atoms with Crippen LogP contribution in [0.15, 0.2) is 4.47 Å². The fourth-order valence-corrected chi connectivity index (χ4v) is 2.54. The minimum absolute atomic E-state index is 0.558. The van der Waals surface area contributed by atoms with E-state index in [1.165, 1.54) is 6.42 Å². The van der Waals surface area contributed by atoms with Gasteiger partial charge >= 0.3 is 0 Å². The zero-order valence-corrected chi connectivity index (χ0v) is 13.1. The number of nitrogen functional groups attached to an aromatic ring is 1. The lowest BCUT2D eigenvalue weighted by Gasteiger charge is -2.10. The van der Waals surface area contributed by atoms with Gasteiger partial charge in [0.2, 0.25) is 0 Å². The number of nitrogens with two attached hydrogens (primary N) is 1. The van der Waals surface area contributed by atoms with Gasteiger partial charge in [-0.05, 0) is 40.4 Å². The maximum absolute atomic E-state index is 5.89. The van der Waals surface area contributed by atoms with Crippen molar-refractivity contribution in [1.82, 2.24) is 9.97 Å². The van der Waals surface area contributed by atoms with Gasteiger partial charge in [0.05, 0.1) is 15.9 Å². The van der Waals surface area contributed by atoms with E-state index in [1.807, 2.05) is 11.8 Å². The number of nitrogens with zero attached hydrogens (tertiary/aromatic N) is 2. The maximum Gasteiger partial charge on any atom is 0.141 e. The number of thioether (sulfide) groups is 1. The molecule has 0 aliphatic heterocycles. The predicted octanol–water partition coefficient (Wildman–Crippen LogP) is 3.66. The lowest BCUT2D eigenvalue weighted by Crippen LogP contribution is -2.07. The standard InChI is InChI=1S/C12H20BrN3S/c1-4-5-17-7-10-15-9(6-8(2)3)11(13)12(14)16-10/h8H,4-7H2,1-3H3,(H2,14,15,16). The molecule has 0 aliphatic carbocycles. The van der Waals surface area contributed by atoms with Gasteiger partial charge in [-0.1, -0.05) is 20.8 Å². The average molecular weight is 318 g/mol.